The number of ether oxygens (including phenoxy) is 1. The lowest BCUT2D eigenvalue weighted by Crippen LogP contribution is -2.24. The van der Waals surface area contributed by atoms with Crippen LogP contribution in [0.2, 0.25) is 5.02 Å². The fraction of sp³-hybridized carbons (Fsp3) is 0.125. The van der Waals surface area contributed by atoms with Crippen molar-refractivity contribution in [2.75, 3.05) is 0 Å². The molecule has 1 aliphatic rings. The molecule has 0 amide bonds. The third kappa shape index (κ3) is 2.32. The zero-order chi connectivity index (χ0) is 14.1. The van der Waals surface area contributed by atoms with E-state index in [1.165, 1.54) is 0 Å². The fourth-order valence-electron chi connectivity index (χ4n) is 2.30. The lowest BCUT2D eigenvalue weighted by Gasteiger charge is -2.10. The van der Waals surface area contributed by atoms with Crippen LogP contribution in [-0.2, 0) is 11.2 Å². The molecule has 1 aliphatic carbocycles. The molecule has 0 saturated heterocycles. The topological polar surface area (TPSA) is 43.4 Å². The van der Waals surface area contributed by atoms with Gasteiger partial charge >= 0.3 is 5.97 Å². The molecule has 0 fully saturated rings. The van der Waals surface area contributed by atoms with Gasteiger partial charge in [-0.25, -0.2) is 4.79 Å². The summed E-state index contributed by atoms with van der Waals surface area (Å²) >= 11 is 5.90. The summed E-state index contributed by atoms with van der Waals surface area (Å²) in [5.74, 6) is -0.649. The molecule has 4 heteroatoms. The van der Waals surface area contributed by atoms with E-state index >= 15 is 0 Å². The summed E-state index contributed by atoms with van der Waals surface area (Å²) in [5.41, 5.74) is 1.85. The Bertz CT molecular complexity index is 679. The molecular formula is C16H11ClO3. The SMILES string of the molecule is O=C(O[C@@H]1Cc2cc(Cl)ccc2C1=O)c1ccccc1. The van der Waals surface area contributed by atoms with Gasteiger partial charge in [-0.15, -0.1) is 0 Å². The van der Waals surface area contributed by atoms with Crippen LogP contribution >= 0.6 is 11.6 Å². The number of ketones is 1. The monoisotopic (exact) mass is 286 g/mol. The predicted molar refractivity (Wildman–Crippen MR) is 75.1 cm³/mol. The van der Waals surface area contributed by atoms with Gasteiger partial charge in [0, 0.05) is 17.0 Å². The molecule has 2 aromatic rings. The summed E-state index contributed by atoms with van der Waals surface area (Å²) in [6.45, 7) is 0. The summed E-state index contributed by atoms with van der Waals surface area (Å²) in [6, 6.07) is 13.7. The van der Waals surface area contributed by atoms with E-state index in [0.29, 0.717) is 22.6 Å². The molecule has 0 saturated carbocycles. The van der Waals surface area contributed by atoms with Crippen LogP contribution in [-0.4, -0.2) is 17.9 Å². The van der Waals surface area contributed by atoms with Gasteiger partial charge in [-0.3, -0.25) is 4.79 Å². The number of hydrogen-bond donors (Lipinski definition) is 0. The highest BCUT2D eigenvalue weighted by Gasteiger charge is 2.33. The van der Waals surface area contributed by atoms with Gasteiger partial charge in [-0.2, -0.15) is 0 Å². The average Bonchev–Trinajstić information content (AvgIpc) is 2.75. The zero-order valence-corrected chi connectivity index (χ0v) is 11.3. The quantitative estimate of drug-likeness (QED) is 0.796. The number of fused-ring (bicyclic) bond motifs is 1. The standard InChI is InChI=1S/C16H11ClO3/c17-12-6-7-13-11(8-12)9-14(15(13)18)20-16(19)10-4-2-1-3-5-10/h1-8,14H,9H2/t14-/m1/s1. The minimum atomic E-state index is -0.754. The second-order valence-corrected chi connectivity index (χ2v) is 5.07. The Morgan fingerprint density at radius 1 is 1.15 bits per heavy atom. The van der Waals surface area contributed by atoms with Gasteiger partial charge in [-0.05, 0) is 35.9 Å². The van der Waals surface area contributed by atoms with Crippen LogP contribution in [0, 0.1) is 0 Å². The van der Waals surface area contributed by atoms with Crippen LogP contribution in [0.15, 0.2) is 48.5 Å². The van der Waals surface area contributed by atoms with E-state index in [4.69, 9.17) is 16.3 Å². The molecule has 0 bridgehead atoms. The molecule has 1 atom stereocenters. The Morgan fingerprint density at radius 3 is 2.65 bits per heavy atom. The van der Waals surface area contributed by atoms with Crippen molar-refractivity contribution in [1.29, 1.82) is 0 Å². The fourth-order valence-corrected chi connectivity index (χ4v) is 2.50. The van der Waals surface area contributed by atoms with Crippen molar-refractivity contribution in [3.8, 4) is 0 Å². The Morgan fingerprint density at radius 2 is 1.90 bits per heavy atom. The van der Waals surface area contributed by atoms with E-state index in [1.807, 2.05) is 6.07 Å². The first kappa shape index (κ1) is 12.9. The van der Waals surface area contributed by atoms with Gasteiger partial charge in [0.25, 0.3) is 0 Å². The molecule has 3 nitrogen and oxygen atoms in total. The highest BCUT2D eigenvalue weighted by molar-refractivity contribution is 6.30. The van der Waals surface area contributed by atoms with Crippen LogP contribution in [0.5, 0.6) is 0 Å². The first-order valence-corrected chi connectivity index (χ1v) is 6.61. The maximum absolute atomic E-state index is 12.2. The van der Waals surface area contributed by atoms with Crippen molar-refractivity contribution in [3.63, 3.8) is 0 Å². The molecule has 0 aliphatic heterocycles. The first-order valence-electron chi connectivity index (χ1n) is 6.24. The molecule has 2 aromatic carbocycles. The van der Waals surface area contributed by atoms with E-state index in [-0.39, 0.29) is 5.78 Å². The highest BCUT2D eigenvalue weighted by atomic mass is 35.5. The summed E-state index contributed by atoms with van der Waals surface area (Å²) in [5, 5.41) is 0.576. The maximum atomic E-state index is 12.2. The zero-order valence-electron chi connectivity index (χ0n) is 10.5. The molecule has 100 valence electrons. The Labute approximate surface area is 121 Å². The molecular weight excluding hydrogens is 276 g/mol. The second-order valence-electron chi connectivity index (χ2n) is 4.63. The van der Waals surface area contributed by atoms with Gasteiger partial charge in [0.1, 0.15) is 0 Å². The summed E-state index contributed by atoms with van der Waals surface area (Å²) in [7, 11) is 0. The highest BCUT2D eigenvalue weighted by Crippen LogP contribution is 2.27. The Kier molecular flexibility index (Phi) is 3.28. The van der Waals surface area contributed by atoms with Gasteiger partial charge in [0.2, 0.25) is 5.78 Å². The number of carbonyl (C=O) groups is 2. The Hall–Kier alpha value is -2.13. The normalized spacial score (nSPS) is 16.9. The molecule has 0 N–H and O–H groups in total. The van der Waals surface area contributed by atoms with Gasteiger partial charge in [-0.1, -0.05) is 29.8 Å². The molecule has 0 radical (unpaired) electrons. The number of Topliss-reactive ketones (excluding diaryl/α,β-unsaturated/α-hetero) is 1. The van der Waals surface area contributed by atoms with Crippen molar-refractivity contribution in [1.82, 2.24) is 0 Å². The first-order chi connectivity index (χ1) is 9.65. The number of rotatable bonds is 2. The molecule has 0 heterocycles. The molecule has 0 unspecified atom stereocenters. The van der Waals surface area contributed by atoms with Crippen molar-refractivity contribution >= 4 is 23.4 Å². The second kappa shape index (κ2) is 5.10. The molecule has 3 rings (SSSR count). The smallest absolute Gasteiger partial charge is 0.338 e. The lowest BCUT2D eigenvalue weighted by molar-refractivity contribution is 0.0304. The average molecular weight is 287 g/mol. The minimum absolute atomic E-state index is 0.166. The summed E-state index contributed by atoms with van der Waals surface area (Å²) < 4.78 is 5.30. The molecule has 20 heavy (non-hydrogen) atoms. The summed E-state index contributed by atoms with van der Waals surface area (Å²) in [6.07, 6.45) is -0.371. The van der Waals surface area contributed by atoms with Crippen LogP contribution in [0.4, 0.5) is 0 Å². The van der Waals surface area contributed by atoms with Crippen LogP contribution < -0.4 is 0 Å². The van der Waals surface area contributed by atoms with Gasteiger partial charge < -0.3 is 4.74 Å². The van der Waals surface area contributed by atoms with E-state index < -0.39 is 12.1 Å². The number of carbonyl (C=O) groups excluding carboxylic acids is 2. The molecule has 0 spiro atoms. The van der Waals surface area contributed by atoms with Crippen molar-refractivity contribution in [2.24, 2.45) is 0 Å². The van der Waals surface area contributed by atoms with E-state index in [2.05, 4.69) is 0 Å². The number of hydrogen-bond acceptors (Lipinski definition) is 3. The lowest BCUT2D eigenvalue weighted by atomic mass is 10.1. The van der Waals surface area contributed by atoms with Gasteiger partial charge in [0.15, 0.2) is 6.10 Å². The van der Waals surface area contributed by atoms with Crippen molar-refractivity contribution in [3.05, 3.63) is 70.2 Å². The van der Waals surface area contributed by atoms with Crippen LogP contribution in [0.1, 0.15) is 26.3 Å². The minimum Gasteiger partial charge on any atom is -0.450 e. The van der Waals surface area contributed by atoms with Gasteiger partial charge in [0.05, 0.1) is 5.56 Å². The number of benzene rings is 2. The predicted octanol–water partition coefficient (Wildman–Crippen LogP) is 3.30. The number of esters is 1. The maximum Gasteiger partial charge on any atom is 0.338 e. The third-order valence-electron chi connectivity index (χ3n) is 3.29. The largest absolute Gasteiger partial charge is 0.450 e. The van der Waals surface area contributed by atoms with Crippen molar-refractivity contribution < 1.29 is 14.3 Å². The van der Waals surface area contributed by atoms with E-state index in [9.17, 15) is 9.59 Å². The van der Waals surface area contributed by atoms with E-state index in [0.717, 1.165) is 5.56 Å². The third-order valence-corrected chi connectivity index (χ3v) is 3.52. The Balaban J connectivity index is 1.78. The molecule has 0 aromatic heterocycles. The van der Waals surface area contributed by atoms with E-state index in [1.54, 1.807) is 42.5 Å². The van der Waals surface area contributed by atoms with Crippen LogP contribution in [0.3, 0.4) is 0 Å². The summed E-state index contributed by atoms with van der Waals surface area (Å²) in [4.78, 5) is 24.1. The van der Waals surface area contributed by atoms with Crippen LogP contribution in [0.25, 0.3) is 0 Å². The number of halogens is 1. The van der Waals surface area contributed by atoms with Crippen molar-refractivity contribution in [2.45, 2.75) is 12.5 Å².